The Morgan fingerprint density at radius 2 is 1.79 bits per heavy atom. The monoisotopic (exact) mass is 339 g/mol. The molecular weight excluding hydrogens is 306 g/mol. The molecule has 0 spiro atoms. The average molecular weight is 339 g/mol. The highest BCUT2D eigenvalue weighted by molar-refractivity contribution is 5.81. The first-order valence-electron chi connectivity index (χ1n) is 9.00. The molecule has 0 N–H and O–H groups in total. The first-order valence-corrected chi connectivity index (χ1v) is 9.00. The molecule has 0 aliphatic heterocycles. The van der Waals surface area contributed by atoms with Crippen molar-refractivity contribution in [3.8, 4) is 0 Å². The summed E-state index contributed by atoms with van der Waals surface area (Å²) in [5.41, 5.74) is -0.450. The summed E-state index contributed by atoms with van der Waals surface area (Å²) in [6.07, 6.45) is 8.76. The third kappa shape index (κ3) is 8.37. The van der Waals surface area contributed by atoms with Gasteiger partial charge in [-0.15, -0.1) is 0 Å². The molecule has 24 heavy (non-hydrogen) atoms. The average Bonchev–Trinajstić information content (AvgIpc) is 2.50. The molecule has 0 saturated heterocycles. The SMILES string of the molecule is CCOC(=O)/C=C/C1CCC(CCN(C)C(=O)OC(C)(C)C)CC1. The van der Waals surface area contributed by atoms with E-state index in [4.69, 9.17) is 9.47 Å². The number of carbonyl (C=O) groups excluding carboxylic acids is 2. The van der Waals surface area contributed by atoms with Crippen molar-refractivity contribution in [1.29, 1.82) is 0 Å². The molecule has 5 nitrogen and oxygen atoms in total. The molecule has 1 fully saturated rings. The van der Waals surface area contributed by atoms with Gasteiger partial charge in [-0.3, -0.25) is 0 Å². The minimum absolute atomic E-state index is 0.251. The van der Waals surface area contributed by atoms with Gasteiger partial charge >= 0.3 is 12.1 Å². The van der Waals surface area contributed by atoms with E-state index >= 15 is 0 Å². The van der Waals surface area contributed by atoms with Crippen molar-refractivity contribution in [2.75, 3.05) is 20.2 Å². The number of esters is 1. The van der Waals surface area contributed by atoms with Gasteiger partial charge in [-0.2, -0.15) is 0 Å². The number of allylic oxidation sites excluding steroid dienone is 1. The van der Waals surface area contributed by atoms with E-state index in [1.54, 1.807) is 18.0 Å². The fourth-order valence-electron chi connectivity index (χ4n) is 2.88. The molecule has 1 saturated carbocycles. The van der Waals surface area contributed by atoms with Crippen LogP contribution in [0.1, 0.15) is 59.8 Å². The Morgan fingerprint density at radius 3 is 2.33 bits per heavy atom. The van der Waals surface area contributed by atoms with Crippen LogP contribution >= 0.6 is 0 Å². The first kappa shape index (κ1) is 20.5. The first-order chi connectivity index (χ1) is 11.2. The molecule has 0 bridgehead atoms. The largest absolute Gasteiger partial charge is 0.463 e. The van der Waals surface area contributed by atoms with Crippen molar-refractivity contribution >= 4 is 12.1 Å². The number of carbonyl (C=O) groups is 2. The van der Waals surface area contributed by atoms with Crippen molar-refractivity contribution in [3.05, 3.63) is 12.2 Å². The lowest BCUT2D eigenvalue weighted by Gasteiger charge is -2.29. The van der Waals surface area contributed by atoms with E-state index in [2.05, 4.69) is 0 Å². The molecular formula is C19H33NO4. The zero-order valence-electron chi connectivity index (χ0n) is 15.8. The Bertz CT molecular complexity index is 431. The van der Waals surface area contributed by atoms with Gasteiger partial charge in [0.1, 0.15) is 5.60 Å². The zero-order chi connectivity index (χ0) is 18.2. The third-order valence-corrected chi connectivity index (χ3v) is 4.26. The van der Waals surface area contributed by atoms with Crippen molar-refractivity contribution in [1.82, 2.24) is 4.90 Å². The van der Waals surface area contributed by atoms with Crippen LogP contribution in [0.4, 0.5) is 4.79 Å². The Morgan fingerprint density at radius 1 is 1.17 bits per heavy atom. The van der Waals surface area contributed by atoms with Gasteiger partial charge in [-0.25, -0.2) is 9.59 Å². The summed E-state index contributed by atoms with van der Waals surface area (Å²) in [5, 5.41) is 0. The molecule has 138 valence electrons. The van der Waals surface area contributed by atoms with Crippen LogP contribution in [0.2, 0.25) is 0 Å². The van der Waals surface area contributed by atoms with Gasteiger partial charge in [0.2, 0.25) is 0 Å². The molecule has 0 aromatic rings. The van der Waals surface area contributed by atoms with E-state index < -0.39 is 5.60 Å². The highest BCUT2D eigenvalue weighted by Gasteiger charge is 2.23. The molecule has 1 aliphatic rings. The Labute approximate surface area is 146 Å². The van der Waals surface area contributed by atoms with E-state index in [-0.39, 0.29) is 12.1 Å². The van der Waals surface area contributed by atoms with Crippen molar-refractivity contribution in [3.63, 3.8) is 0 Å². The van der Waals surface area contributed by atoms with Gasteiger partial charge in [0.25, 0.3) is 0 Å². The molecule has 0 aromatic heterocycles. The minimum Gasteiger partial charge on any atom is -0.463 e. The van der Waals surface area contributed by atoms with Crippen LogP contribution in [0.5, 0.6) is 0 Å². The van der Waals surface area contributed by atoms with Gasteiger partial charge in [0.15, 0.2) is 0 Å². The summed E-state index contributed by atoms with van der Waals surface area (Å²) in [5.74, 6) is 0.856. The van der Waals surface area contributed by atoms with Gasteiger partial charge in [-0.05, 0) is 71.6 Å². The van der Waals surface area contributed by atoms with Crippen LogP contribution < -0.4 is 0 Å². The number of ether oxygens (including phenoxy) is 2. The van der Waals surface area contributed by atoms with Crippen LogP contribution in [-0.4, -0.2) is 42.8 Å². The summed E-state index contributed by atoms with van der Waals surface area (Å²) in [7, 11) is 1.79. The predicted octanol–water partition coefficient (Wildman–Crippen LogP) is 4.17. The van der Waals surface area contributed by atoms with Crippen molar-refractivity contribution in [2.24, 2.45) is 11.8 Å². The molecule has 1 aliphatic carbocycles. The van der Waals surface area contributed by atoms with Gasteiger partial charge < -0.3 is 14.4 Å². The fraction of sp³-hybridized carbons (Fsp3) is 0.789. The fourth-order valence-corrected chi connectivity index (χ4v) is 2.88. The second kappa shape index (κ2) is 9.70. The standard InChI is InChI=1S/C19H33NO4/c1-6-23-17(21)12-11-15-7-9-16(10-8-15)13-14-20(5)18(22)24-19(2,3)4/h11-12,15-16H,6-10,13-14H2,1-5H3/b12-11+. The van der Waals surface area contributed by atoms with E-state index in [9.17, 15) is 9.59 Å². The van der Waals surface area contributed by atoms with Crippen molar-refractivity contribution in [2.45, 2.75) is 65.4 Å². The zero-order valence-corrected chi connectivity index (χ0v) is 15.8. The van der Waals surface area contributed by atoms with Crippen LogP contribution in [0.25, 0.3) is 0 Å². The summed E-state index contributed by atoms with van der Waals surface area (Å²) in [6, 6.07) is 0. The van der Waals surface area contributed by atoms with Crippen LogP contribution in [0, 0.1) is 11.8 Å². The number of amides is 1. The van der Waals surface area contributed by atoms with Crippen LogP contribution in [0.3, 0.4) is 0 Å². The number of hydrogen-bond donors (Lipinski definition) is 0. The summed E-state index contributed by atoms with van der Waals surface area (Å²) in [6.45, 7) is 8.59. The molecule has 1 amide bonds. The second-order valence-corrected chi connectivity index (χ2v) is 7.58. The highest BCUT2D eigenvalue weighted by atomic mass is 16.6. The molecule has 0 heterocycles. The maximum Gasteiger partial charge on any atom is 0.410 e. The smallest absolute Gasteiger partial charge is 0.410 e. The maximum absolute atomic E-state index is 11.9. The highest BCUT2D eigenvalue weighted by Crippen LogP contribution is 2.31. The Balaban J connectivity index is 2.26. The molecule has 1 rings (SSSR count). The lowest BCUT2D eigenvalue weighted by molar-refractivity contribution is -0.137. The molecule has 0 atom stereocenters. The van der Waals surface area contributed by atoms with Gasteiger partial charge in [0.05, 0.1) is 6.61 Å². The molecule has 5 heteroatoms. The van der Waals surface area contributed by atoms with E-state index in [1.807, 2.05) is 33.8 Å². The minimum atomic E-state index is -0.450. The summed E-state index contributed by atoms with van der Waals surface area (Å²) in [4.78, 5) is 24.9. The second-order valence-electron chi connectivity index (χ2n) is 7.58. The number of nitrogens with zero attached hydrogens (tertiary/aromatic N) is 1. The van der Waals surface area contributed by atoms with E-state index in [0.29, 0.717) is 18.4 Å². The maximum atomic E-state index is 11.9. The quantitative estimate of drug-likeness (QED) is 0.538. The van der Waals surface area contributed by atoms with Gasteiger partial charge in [0, 0.05) is 19.7 Å². The number of hydrogen-bond acceptors (Lipinski definition) is 4. The Kier molecular flexibility index (Phi) is 8.29. The number of rotatable bonds is 6. The molecule has 0 aromatic carbocycles. The van der Waals surface area contributed by atoms with Crippen LogP contribution in [-0.2, 0) is 14.3 Å². The van der Waals surface area contributed by atoms with Crippen LogP contribution in [0.15, 0.2) is 12.2 Å². The molecule has 0 unspecified atom stereocenters. The topological polar surface area (TPSA) is 55.8 Å². The lowest BCUT2D eigenvalue weighted by atomic mass is 9.80. The van der Waals surface area contributed by atoms with E-state index in [1.165, 1.54) is 0 Å². The predicted molar refractivity (Wildman–Crippen MR) is 94.7 cm³/mol. The van der Waals surface area contributed by atoms with Crippen molar-refractivity contribution < 1.29 is 19.1 Å². The summed E-state index contributed by atoms with van der Waals surface area (Å²) >= 11 is 0. The molecule has 0 radical (unpaired) electrons. The third-order valence-electron chi connectivity index (χ3n) is 4.26. The normalized spacial score (nSPS) is 21.5. The van der Waals surface area contributed by atoms with E-state index in [0.717, 1.165) is 38.6 Å². The van der Waals surface area contributed by atoms with Gasteiger partial charge in [-0.1, -0.05) is 6.08 Å². The Hall–Kier alpha value is -1.52. The lowest BCUT2D eigenvalue weighted by Crippen LogP contribution is -2.35. The summed E-state index contributed by atoms with van der Waals surface area (Å²) < 4.78 is 10.3.